The number of benzene rings is 2. The average molecular weight is 284 g/mol. The Kier molecular flexibility index (Phi) is 3.12. The Morgan fingerprint density at radius 2 is 1.85 bits per heavy atom. The lowest BCUT2D eigenvalue weighted by Crippen LogP contribution is -2.31. The maximum atomic E-state index is 12.4. The normalized spacial score (nSPS) is 10.8. The van der Waals surface area contributed by atoms with Gasteiger partial charge in [-0.2, -0.15) is 0 Å². The van der Waals surface area contributed by atoms with E-state index >= 15 is 0 Å². The lowest BCUT2D eigenvalue weighted by Gasteiger charge is -2.06. The maximum absolute atomic E-state index is 12.4. The first kappa shape index (κ1) is 12.6. The van der Waals surface area contributed by atoms with Crippen molar-refractivity contribution >= 4 is 27.1 Å². The van der Waals surface area contributed by atoms with Crippen LogP contribution >= 0.6 is 11.3 Å². The molecule has 0 saturated carbocycles. The molecule has 1 heterocycles. The number of hydrogen-bond donors (Lipinski definition) is 1. The van der Waals surface area contributed by atoms with Crippen molar-refractivity contribution in [3.05, 3.63) is 74.1 Å². The van der Waals surface area contributed by atoms with Crippen LogP contribution < -0.4 is 16.2 Å². The van der Waals surface area contributed by atoms with Gasteiger partial charge in [0, 0.05) is 10.4 Å². The summed E-state index contributed by atoms with van der Waals surface area (Å²) < 4.78 is 1.97. The van der Waals surface area contributed by atoms with Gasteiger partial charge in [0.05, 0.1) is 11.9 Å². The Morgan fingerprint density at radius 1 is 1.05 bits per heavy atom. The van der Waals surface area contributed by atoms with Crippen molar-refractivity contribution in [1.82, 2.24) is 4.57 Å². The summed E-state index contributed by atoms with van der Waals surface area (Å²) in [6, 6.07) is 14.3. The lowest BCUT2D eigenvalue weighted by atomic mass is 10.2. The Labute approximate surface area is 118 Å². The second-order valence-electron chi connectivity index (χ2n) is 4.50. The summed E-state index contributed by atoms with van der Waals surface area (Å²) in [4.78, 5) is 24.2. The zero-order valence-electron chi connectivity index (χ0n) is 10.6. The highest BCUT2D eigenvalue weighted by atomic mass is 32.1. The first-order valence-corrected chi connectivity index (χ1v) is 6.94. The van der Waals surface area contributed by atoms with E-state index in [1.165, 1.54) is 4.57 Å². The topological polar surface area (TPSA) is 65.1 Å². The highest BCUT2D eigenvalue weighted by Crippen LogP contribution is 2.12. The molecule has 2 aromatic carbocycles. The molecule has 100 valence electrons. The van der Waals surface area contributed by atoms with Gasteiger partial charge in [0.1, 0.15) is 0 Å². The van der Waals surface area contributed by atoms with E-state index in [1.54, 1.807) is 30.3 Å². The first-order chi connectivity index (χ1) is 9.65. The molecule has 0 amide bonds. The number of hydrogen-bond acceptors (Lipinski definition) is 4. The van der Waals surface area contributed by atoms with E-state index in [-0.39, 0.29) is 17.0 Å². The molecule has 5 heteroatoms. The van der Waals surface area contributed by atoms with E-state index in [0.29, 0.717) is 15.8 Å². The predicted octanol–water partition coefficient (Wildman–Crippen LogP) is 2.05. The molecular formula is C15H12N2O2S. The Balaban J connectivity index is 2.17. The van der Waals surface area contributed by atoms with Gasteiger partial charge in [-0.1, -0.05) is 35.6 Å². The van der Waals surface area contributed by atoms with Crippen LogP contribution in [0.15, 0.2) is 58.1 Å². The molecule has 0 aliphatic carbocycles. The molecule has 3 rings (SSSR count). The van der Waals surface area contributed by atoms with Gasteiger partial charge in [-0.15, -0.1) is 0 Å². The van der Waals surface area contributed by atoms with Crippen LogP contribution in [0.3, 0.4) is 0 Å². The van der Waals surface area contributed by atoms with E-state index < -0.39 is 0 Å². The SMILES string of the molecule is Nc1cccc(Cn2c(=O)sc3ccccc3c2=O)c1. The number of nitrogen functional groups attached to an aromatic ring is 1. The van der Waals surface area contributed by atoms with Crippen LogP contribution in [0.5, 0.6) is 0 Å². The van der Waals surface area contributed by atoms with Crippen molar-refractivity contribution in [3.8, 4) is 0 Å². The Morgan fingerprint density at radius 3 is 2.65 bits per heavy atom. The third kappa shape index (κ3) is 2.23. The third-order valence-electron chi connectivity index (χ3n) is 3.07. The molecule has 20 heavy (non-hydrogen) atoms. The molecule has 1 aromatic heterocycles. The van der Waals surface area contributed by atoms with Crippen molar-refractivity contribution < 1.29 is 0 Å². The Hall–Kier alpha value is -2.40. The molecule has 0 spiro atoms. The van der Waals surface area contributed by atoms with Crippen LogP contribution in [-0.4, -0.2) is 4.57 Å². The zero-order valence-corrected chi connectivity index (χ0v) is 11.4. The standard InChI is InChI=1S/C15H12N2O2S/c16-11-5-3-4-10(8-11)9-17-14(18)12-6-1-2-7-13(12)20-15(17)19/h1-8H,9,16H2. The van der Waals surface area contributed by atoms with Crippen molar-refractivity contribution in [2.45, 2.75) is 6.54 Å². The number of aromatic nitrogens is 1. The number of rotatable bonds is 2. The van der Waals surface area contributed by atoms with Gasteiger partial charge in [0.15, 0.2) is 0 Å². The van der Waals surface area contributed by atoms with Gasteiger partial charge < -0.3 is 5.73 Å². The van der Waals surface area contributed by atoms with Crippen LogP contribution in [0, 0.1) is 0 Å². The van der Waals surface area contributed by atoms with Crippen LogP contribution in [0.25, 0.3) is 10.1 Å². The largest absolute Gasteiger partial charge is 0.399 e. The van der Waals surface area contributed by atoms with Crippen molar-refractivity contribution in [3.63, 3.8) is 0 Å². The molecule has 0 aliphatic rings. The minimum absolute atomic E-state index is 0.240. The highest BCUT2D eigenvalue weighted by Gasteiger charge is 2.08. The number of nitrogens with zero attached hydrogens (tertiary/aromatic N) is 1. The minimum Gasteiger partial charge on any atom is -0.399 e. The minimum atomic E-state index is -0.258. The fourth-order valence-corrected chi connectivity index (χ4v) is 2.98. The van der Waals surface area contributed by atoms with E-state index in [0.717, 1.165) is 16.9 Å². The number of fused-ring (bicyclic) bond motifs is 1. The summed E-state index contributed by atoms with van der Waals surface area (Å²) in [6.07, 6.45) is 0. The van der Waals surface area contributed by atoms with Gasteiger partial charge in [-0.25, -0.2) is 0 Å². The van der Waals surface area contributed by atoms with Gasteiger partial charge in [-0.3, -0.25) is 14.2 Å². The van der Waals surface area contributed by atoms with E-state index in [1.807, 2.05) is 18.2 Å². The van der Waals surface area contributed by atoms with E-state index in [4.69, 9.17) is 5.73 Å². The summed E-state index contributed by atoms with van der Waals surface area (Å²) in [6.45, 7) is 0.240. The monoisotopic (exact) mass is 284 g/mol. The smallest absolute Gasteiger partial charge is 0.310 e. The lowest BCUT2D eigenvalue weighted by molar-refractivity contribution is 0.753. The second-order valence-corrected chi connectivity index (χ2v) is 5.49. The van der Waals surface area contributed by atoms with Crippen molar-refractivity contribution in [2.75, 3.05) is 5.73 Å². The molecule has 0 unspecified atom stereocenters. The molecule has 3 aromatic rings. The Bertz CT molecular complexity index is 896. The van der Waals surface area contributed by atoms with Gasteiger partial charge in [-0.05, 0) is 29.8 Å². The molecular weight excluding hydrogens is 272 g/mol. The molecule has 0 radical (unpaired) electrons. The van der Waals surface area contributed by atoms with E-state index in [9.17, 15) is 9.59 Å². The van der Waals surface area contributed by atoms with Crippen LogP contribution in [0.4, 0.5) is 5.69 Å². The van der Waals surface area contributed by atoms with Crippen molar-refractivity contribution in [1.29, 1.82) is 0 Å². The summed E-state index contributed by atoms with van der Waals surface area (Å²) >= 11 is 1.08. The van der Waals surface area contributed by atoms with Crippen LogP contribution in [0.1, 0.15) is 5.56 Å². The van der Waals surface area contributed by atoms with E-state index in [2.05, 4.69) is 0 Å². The summed E-state index contributed by atoms with van der Waals surface area (Å²) in [5, 5.41) is 0.570. The molecule has 0 aliphatic heterocycles. The third-order valence-corrected chi connectivity index (χ3v) is 4.04. The number of nitrogens with two attached hydrogens (primary N) is 1. The summed E-state index contributed by atoms with van der Waals surface area (Å²) in [5.41, 5.74) is 6.92. The quantitative estimate of drug-likeness (QED) is 0.732. The maximum Gasteiger partial charge on any atom is 0.310 e. The molecule has 0 bridgehead atoms. The molecule has 2 N–H and O–H groups in total. The van der Waals surface area contributed by atoms with Gasteiger partial charge >= 0.3 is 4.87 Å². The zero-order chi connectivity index (χ0) is 14.1. The first-order valence-electron chi connectivity index (χ1n) is 6.12. The predicted molar refractivity (Wildman–Crippen MR) is 82.3 cm³/mol. The number of anilines is 1. The fourth-order valence-electron chi connectivity index (χ4n) is 2.12. The molecule has 4 nitrogen and oxygen atoms in total. The molecule has 0 saturated heterocycles. The van der Waals surface area contributed by atoms with Gasteiger partial charge in [0.2, 0.25) is 0 Å². The van der Waals surface area contributed by atoms with Crippen LogP contribution in [-0.2, 0) is 6.54 Å². The second kappa shape index (κ2) is 4.94. The van der Waals surface area contributed by atoms with Crippen molar-refractivity contribution in [2.24, 2.45) is 0 Å². The van der Waals surface area contributed by atoms with Crippen LogP contribution in [0.2, 0.25) is 0 Å². The fraction of sp³-hybridized carbons (Fsp3) is 0.0667. The summed E-state index contributed by atoms with van der Waals surface area (Å²) in [7, 11) is 0. The highest BCUT2D eigenvalue weighted by molar-refractivity contribution is 7.16. The molecule has 0 atom stereocenters. The average Bonchev–Trinajstić information content (AvgIpc) is 2.43. The van der Waals surface area contributed by atoms with Gasteiger partial charge in [0.25, 0.3) is 5.56 Å². The summed E-state index contributed by atoms with van der Waals surface area (Å²) in [5.74, 6) is 0. The molecule has 0 fully saturated rings.